The van der Waals surface area contributed by atoms with Crippen LogP contribution in [0.4, 0.5) is 0 Å². The van der Waals surface area contributed by atoms with E-state index in [0.717, 1.165) is 40.7 Å². The lowest BCUT2D eigenvalue weighted by atomic mass is 9.84. The minimum absolute atomic E-state index is 0.0374. The van der Waals surface area contributed by atoms with Crippen LogP contribution in [0, 0.1) is 27.7 Å². The second-order valence-corrected chi connectivity index (χ2v) is 12.0. The number of benzene rings is 2. The molecule has 2 aromatic carbocycles. The van der Waals surface area contributed by atoms with E-state index in [4.69, 9.17) is 0 Å². The highest BCUT2D eigenvalue weighted by Gasteiger charge is 2.61. The molecule has 2 aromatic rings. The summed E-state index contributed by atoms with van der Waals surface area (Å²) in [7, 11) is -2.40. The maximum atomic E-state index is 13.9. The van der Waals surface area contributed by atoms with E-state index < -0.39 is 13.0 Å². The van der Waals surface area contributed by atoms with Gasteiger partial charge in [-0.3, -0.25) is 4.79 Å². The Hall–Kier alpha value is -2.12. The van der Waals surface area contributed by atoms with Crippen molar-refractivity contribution < 1.29 is 14.2 Å². The predicted molar refractivity (Wildman–Crippen MR) is 128 cm³/mol. The summed E-state index contributed by atoms with van der Waals surface area (Å²) in [5.41, 5.74) is 5.35. The van der Waals surface area contributed by atoms with Crippen molar-refractivity contribution in [3.8, 4) is 0 Å². The van der Waals surface area contributed by atoms with Gasteiger partial charge in [0.1, 0.15) is 0 Å². The quantitative estimate of drug-likeness (QED) is 0.362. The van der Waals surface area contributed by atoms with Crippen molar-refractivity contribution in [2.75, 3.05) is 0 Å². The Balaban J connectivity index is 2.07. The molecule has 1 aliphatic carbocycles. The van der Waals surface area contributed by atoms with E-state index in [9.17, 15) is 14.2 Å². The molecule has 1 unspecified atom stereocenters. The van der Waals surface area contributed by atoms with Crippen molar-refractivity contribution in [3.05, 3.63) is 69.3 Å². The minimum atomic E-state index is -2.40. The fraction of sp³-hybridized carbons (Fsp3) is 0.481. The van der Waals surface area contributed by atoms with E-state index in [1.807, 2.05) is 58.0 Å². The van der Waals surface area contributed by atoms with Gasteiger partial charge in [0.05, 0.1) is 5.56 Å². The molecule has 0 aromatic heterocycles. The number of aryl methyl sites for hydroxylation is 4. The number of carbonyl (C=O) groups is 2. The standard InChI is InChI=1S/C27H34O3P/c1-17-11-10-12-18(2)22(17)24(28)27(13-8-9-14-27)31(30)25(29)23-19(3)15-21(16-20(23)4)26(5,6)7/h10-12,15-16H,8-9,13-14H2,1-7H3/q+1. The molecule has 0 spiro atoms. The van der Waals surface area contributed by atoms with Gasteiger partial charge in [-0.1, -0.05) is 55.7 Å². The van der Waals surface area contributed by atoms with E-state index in [1.165, 1.54) is 0 Å². The molecule has 0 radical (unpaired) electrons. The van der Waals surface area contributed by atoms with E-state index in [-0.39, 0.29) is 16.7 Å². The Bertz CT molecular complexity index is 1020. The number of hydrogen-bond acceptors (Lipinski definition) is 3. The molecule has 1 fully saturated rings. The van der Waals surface area contributed by atoms with Crippen LogP contribution in [-0.4, -0.2) is 16.5 Å². The Morgan fingerprint density at radius 1 is 0.839 bits per heavy atom. The summed E-state index contributed by atoms with van der Waals surface area (Å²) in [6.07, 6.45) is 2.68. The lowest BCUT2D eigenvalue weighted by Crippen LogP contribution is -2.35. The molecule has 3 nitrogen and oxygen atoms in total. The molecule has 0 amide bonds. The molecule has 3 rings (SSSR count). The van der Waals surface area contributed by atoms with Crippen molar-refractivity contribution in [2.24, 2.45) is 0 Å². The largest absolute Gasteiger partial charge is 0.434 e. The molecule has 164 valence electrons. The van der Waals surface area contributed by atoms with E-state index in [0.29, 0.717) is 24.0 Å². The van der Waals surface area contributed by atoms with Gasteiger partial charge in [0.15, 0.2) is 0 Å². The maximum absolute atomic E-state index is 13.9. The number of Topliss-reactive ketones (excluding diaryl/α,β-unsaturated/α-hetero) is 1. The molecule has 1 atom stereocenters. The van der Waals surface area contributed by atoms with Gasteiger partial charge in [0.2, 0.25) is 10.9 Å². The van der Waals surface area contributed by atoms with Crippen LogP contribution >= 0.6 is 7.80 Å². The van der Waals surface area contributed by atoms with Crippen LogP contribution in [0.5, 0.6) is 0 Å². The zero-order valence-electron chi connectivity index (χ0n) is 19.9. The molecule has 4 heteroatoms. The van der Waals surface area contributed by atoms with Crippen molar-refractivity contribution in [2.45, 2.75) is 84.7 Å². The van der Waals surface area contributed by atoms with Gasteiger partial charge < -0.3 is 0 Å². The summed E-state index contributed by atoms with van der Waals surface area (Å²) in [6, 6.07) is 9.81. The SMILES string of the molecule is Cc1cc(C(C)(C)C)cc(C)c1C(=O)[P+](=O)C1(C(=O)c2c(C)cccc2C)CCCC1. The Labute approximate surface area is 187 Å². The topological polar surface area (TPSA) is 51.2 Å². The third kappa shape index (κ3) is 4.17. The fourth-order valence-corrected chi connectivity index (χ4v) is 6.88. The van der Waals surface area contributed by atoms with Crippen molar-refractivity contribution in [3.63, 3.8) is 0 Å². The Morgan fingerprint density at radius 2 is 1.32 bits per heavy atom. The van der Waals surface area contributed by atoms with Gasteiger partial charge in [0, 0.05) is 18.4 Å². The number of carbonyl (C=O) groups excluding carboxylic acids is 2. The smallest absolute Gasteiger partial charge is 0.289 e. The summed E-state index contributed by atoms with van der Waals surface area (Å²) in [4.78, 5) is 27.4. The van der Waals surface area contributed by atoms with Gasteiger partial charge >= 0.3 is 13.3 Å². The zero-order valence-corrected chi connectivity index (χ0v) is 20.8. The van der Waals surface area contributed by atoms with Gasteiger partial charge in [-0.2, -0.15) is 0 Å². The molecule has 0 saturated heterocycles. The van der Waals surface area contributed by atoms with Crippen LogP contribution < -0.4 is 0 Å². The summed E-state index contributed by atoms with van der Waals surface area (Å²) < 4.78 is 13.9. The highest BCUT2D eigenvalue weighted by molar-refractivity contribution is 7.67. The average molecular weight is 438 g/mol. The molecule has 0 aliphatic heterocycles. The molecule has 0 heterocycles. The van der Waals surface area contributed by atoms with Crippen LogP contribution in [0.1, 0.15) is 95.0 Å². The highest BCUT2D eigenvalue weighted by Crippen LogP contribution is 2.54. The van der Waals surface area contributed by atoms with E-state index >= 15 is 0 Å². The van der Waals surface area contributed by atoms with E-state index in [1.54, 1.807) is 0 Å². The highest BCUT2D eigenvalue weighted by atomic mass is 31.1. The van der Waals surface area contributed by atoms with Crippen molar-refractivity contribution in [1.82, 2.24) is 0 Å². The average Bonchev–Trinajstić information content (AvgIpc) is 3.16. The first-order chi connectivity index (χ1) is 14.4. The summed E-state index contributed by atoms with van der Waals surface area (Å²) in [5.74, 6) is -0.114. The normalized spacial score (nSPS) is 16.3. The maximum Gasteiger partial charge on any atom is 0.434 e. The summed E-state index contributed by atoms with van der Waals surface area (Å²) in [5, 5.41) is -1.09. The predicted octanol–water partition coefficient (Wildman–Crippen LogP) is 7.38. The second-order valence-electron chi connectivity index (χ2n) is 10.2. The number of hydrogen-bond donors (Lipinski definition) is 0. The van der Waals surface area contributed by atoms with Crippen LogP contribution in [0.25, 0.3) is 0 Å². The number of rotatable bonds is 5. The molecule has 1 saturated carbocycles. The Kier molecular flexibility index (Phi) is 6.40. The van der Waals surface area contributed by atoms with Crippen LogP contribution in [0.15, 0.2) is 30.3 Å². The first kappa shape index (κ1) is 23.5. The lowest BCUT2D eigenvalue weighted by Gasteiger charge is -2.22. The first-order valence-corrected chi connectivity index (χ1v) is 12.4. The van der Waals surface area contributed by atoms with Crippen molar-refractivity contribution >= 4 is 19.1 Å². The summed E-state index contributed by atoms with van der Waals surface area (Å²) in [6.45, 7) is 14.1. The molecular formula is C27H34O3P+. The lowest BCUT2D eigenvalue weighted by molar-refractivity contribution is 0.0930. The van der Waals surface area contributed by atoms with Crippen molar-refractivity contribution in [1.29, 1.82) is 0 Å². The minimum Gasteiger partial charge on any atom is -0.289 e. The van der Waals surface area contributed by atoms with Crippen LogP contribution in [0.3, 0.4) is 0 Å². The third-order valence-corrected chi connectivity index (χ3v) is 8.77. The molecule has 0 bridgehead atoms. The number of ketones is 1. The fourth-order valence-electron chi connectivity index (χ4n) is 4.92. The van der Waals surface area contributed by atoms with Crippen LogP contribution in [-0.2, 0) is 9.98 Å². The van der Waals surface area contributed by atoms with Crippen LogP contribution in [0.2, 0.25) is 0 Å². The molecule has 0 N–H and O–H groups in total. The summed E-state index contributed by atoms with van der Waals surface area (Å²) >= 11 is 0. The Morgan fingerprint density at radius 3 is 1.77 bits per heavy atom. The third-order valence-electron chi connectivity index (χ3n) is 6.75. The monoisotopic (exact) mass is 437 g/mol. The molecule has 31 heavy (non-hydrogen) atoms. The second kappa shape index (κ2) is 8.43. The van der Waals surface area contributed by atoms with E-state index in [2.05, 4.69) is 20.8 Å². The molecular weight excluding hydrogens is 403 g/mol. The molecule has 1 aliphatic rings. The van der Waals surface area contributed by atoms with Gasteiger partial charge in [-0.25, -0.2) is 4.79 Å². The van der Waals surface area contributed by atoms with Gasteiger partial charge in [-0.15, -0.1) is 0 Å². The van der Waals surface area contributed by atoms with Gasteiger partial charge in [-0.05, 0) is 73.8 Å². The zero-order chi connectivity index (χ0) is 23.1. The first-order valence-electron chi connectivity index (χ1n) is 11.1. The van der Waals surface area contributed by atoms with Gasteiger partial charge in [0.25, 0.3) is 0 Å².